The first-order chi connectivity index (χ1) is 4.90. The standard InChI is InChI=1S/C8H21NSi2/c1-6-9-10(2,3)7-8-11(9,4)5/h6-8H2,1-5H3. The molecule has 0 aromatic carbocycles. The summed E-state index contributed by atoms with van der Waals surface area (Å²) >= 11 is 0. The molecule has 0 saturated carbocycles. The van der Waals surface area contributed by atoms with E-state index in [2.05, 4.69) is 37.3 Å². The van der Waals surface area contributed by atoms with Crippen LogP contribution in [0.5, 0.6) is 0 Å². The number of rotatable bonds is 1. The minimum absolute atomic E-state index is 0.910. The average molecular weight is 187 g/mol. The lowest BCUT2D eigenvalue weighted by Crippen LogP contribution is -2.54. The first-order valence-electron chi connectivity index (χ1n) is 4.68. The zero-order valence-electron chi connectivity index (χ0n) is 8.57. The highest BCUT2D eigenvalue weighted by Crippen LogP contribution is 2.36. The molecule has 0 aliphatic carbocycles. The fourth-order valence-electron chi connectivity index (χ4n) is 2.56. The molecule has 1 aliphatic rings. The molecule has 0 N–H and O–H groups in total. The van der Waals surface area contributed by atoms with Crippen LogP contribution in [0.4, 0.5) is 0 Å². The summed E-state index contributed by atoms with van der Waals surface area (Å²) in [7, 11) is -1.82. The quantitative estimate of drug-likeness (QED) is 0.571. The summed E-state index contributed by atoms with van der Waals surface area (Å²) in [6, 6.07) is 3.08. The molecule has 0 spiro atoms. The second-order valence-corrected chi connectivity index (χ2v) is 14.6. The van der Waals surface area contributed by atoms with Crippen molar-refractivity contribution < 1.29 is 0 Å². The Bertz CT molecular complexity index is 138. The second kappa shape index (κ2) is 2.71. The van der Waals surface area contributed by atoms with Crippen LogP contribution < -0.4 is 0 Å². The van der Waals surface area contributed by atoms with E-state index in [9.17, 15) is 0 Å². The molecule has 0 aromatic heterocycles. The van der Waals surface area contributed by atoms with Gasteiger partial charge in [0.15, 0.2) is 0 Å². The number of nitrogens with zero attached hydrogens (tertiary/aromatic N) is 1. The highest BCUT2D eigenvalue weighted by atomic mass is 28.4. The van der Waals surface area contributed by atoms with E-state index >= 15 is 0 Å². The lowest BCUT2D eigenvalue weighted by Gasteiger charge is -2.37. The van der Waals surface area contributed by atoms with Gasteiger partial charge in [0.2, 0.25) is 0 Å². The first-order valence-corrected chi connectivity index (χ1v) is 11.0. The molecule has 1 nitrogen and oxygen atoms in total. The van der Waals surface area contributed by atoms with Gasteiger partial charge in [-0.2, -0.15) is 0 Å². The minimum Gasteiger partial charge on any atom is -0.346 e. The molecule has 0 unspecified atom stereocenters. The average Bonchev–Trinajstić information content (AvgIpc) is 2.03. The van der Waals surface area contributed by atoms with Crippen LogP contribution in [0.15, 0.2) is 0 Å². The van der Waals surface area contributed by atoms with Crippen molar-refractivity contribution in [3.63, 3.8) is 0 Å². The molecule has 1 heterocycles. The van der Waals surface area contributed by atoms with E-state index in [1.807, 2.05) is 0 Å². The Labute approximate surface area is 73.0 Å². The topological polar surface area (TPSA) is 3.24 Å². The molecule has 1 rings (SSSR count). The molecule has 3 heteroatoms. The van der Waals surface area contributed by atoms with Gasteiger partial charge in [0.1, 0.15) is 16.5 Å². The smallest absolute Gasteiger partial charge is 0.115 e. The largest absolute Gasteiger partial charge is 0.346 e. The Kier molecular flexibility index (Phi) is 2.34. The molecule has 1 aliphatic heterocycles. The van der Waals surface area contributed by atoms with E-state index in [0.717, 1.165) is 0 Å². The fraction of sp³-hybridized carbons (Fsp3) is 1.00. The van der Waals surface area contributed by atoms with Crippen molar-refractivity contribution in [1.29, 1.82) is 0 Å². The predicted octanol–water partition coefficient (Wildman–Crippen LogP) is 2.73. The van der Waals surface area contributed by atoms with Crippen LogP contribution in [0.25, 0.3) is 0 Å². The SMILES string of the molecule is CCN1[Si](C)(C)CC[Si]1(C)C. The van der Waals surface area contributed by atoms with Gasteiger partial charge in [0.25, 0.3) is 0 Å². The van der Waals surface area contributed by atoms with E-state index in [0.29, 0.717) is 0 Å². The van der Waals surface area contributed by atoms with E-state index in [-0.39, 0.29) is 0 Å². The van der Waals surface area contributed by atoms with Crippen molar-refractivity contribution in [3.8, 4) is 0 Å². The van der Waals surface area contributed by atoms with Gasteiger partial charge in [-0.3, -0.25) is 0 Å². The highest BCUT2D eigenvalue weighted by molar-refractivity contribution is 6.95. The Morgan fingerprint density at radius 2 is 1.36 bits per heavy atom. The van der Waals surface area contributed by atoms with Crippen molar-refractivity contribution in [2.45, 2.75) is 45.2 Å². The highest BCUT2D eigenvalue weighted by Gasteiger charge is 2.45. The molecule has 1 fully saturated rings. The van der Waals surface area contributed by atoms with Gasteiger partial charge in [-0.15, -0.1) is 0 Å². The van der Waals surface area contributed by atoms with E-state index in [4.69, 9.17) is 0 Å². The monoisotopic (exact) mass is 187 g/mol. The summed E-state index contributed by atoms with van der Waals surface area (Å²) < 4.78 is 2.89. The Balaban J connectivity index is 2.80. The van der Waals surface area contributed by atoms with Gasteiger partial charge in [-0.05, 0) is 18.6 Å². The molecule has 0 bridgehead atoms. The molecule has 1 saturated heterocycles. The molecular weight excluding hydrogens is 166 g/mol. The first kappa shape index (κ1) is 9.48. The molecule has 0 amide bonds. The Hall–Kier alpha value is 0.394. The lowest BCUT2D eigenvalue weighted by molar-refractivity contribution is 0.664. The molecule has 0 atom stereocenters. The van der Waals surface area contributed by atoms with Crippen molar-refractivity contribution >= 4 is 16.5 Å². The maximum Gasteiger partial charge on any atom is 0.115 e. The third kappa shape index (κ3) is 1.60. The van der Waals surface area contributed by atoms with Crippen molar-refractivity contribution in [1.82, 2.24) is 4.23 Å². The van der Waals surface area contributed by atoms with Gasteiger partial charge in [0.05, 0.1) is 0 Å². The Morgan fingerprint density at radius 1 is 1.00 bits per heavy atom. The van der Waals surface area contributed by atoms with Gasteiger partial charge in [-0.25, -0.2) is 0 Å². The maximum absolute atomic E-state index is 2.89. The summed E-state index contributed by atoms with van der Waals surface area (Å²) in [5.41, 5.74) is 0. The van der Waals surface area contributed by atoms with Gasteiger partial charge in [0, 0.05) is 0 Å². The third-order valence-corrected chi connectivity index (χ3v) is 13.8. The molecule has 66 valence electrons. The van der Waals surface area contributed by atoms with E-state index in [1.165, 1.54) is 6.54 Å². The van der Waals surface area contributed by atoms with Gasteiger partial charge in [-0.1, -0.05) is 33.1 Å². The zero-order chi connectivity index (χ0) is 8.70. The maximum atomic E-state index is 2.89. The summed E-state index contributed by atoms with van der Waals surface area (Å²) in [5.74, 6) is 0. The lowest BCUT2D eigenvalue weighted by atomic mass is 10.8. The van der Waals surface area contributed by atoms with E-state index < -0.39 is 16.5 Å². The van der Waals surface area contributed by atoms with Crippen LogP contribution >= 0.6 is 0 Å². The van der Waals surface area contributed by atoms with Gasteiger partial charge >= 0.3 is 0 Å². The van der Waals surface area contributed by atoms with E-state index in [1.54, 1.807) is 12.1 Å². The predicted molar refractivity (Wildman–Crippen MR) is 57.0 cm³/mol. The van der Waals surface area contributed by atoms with Crippen LogP contribution in [0.1, 0.15) is 6.92 Å². The van der Waals surface area contributed by atoms with Crippen LogP contribution in [0.2, 0.25) is 38.3 Å². The van der Waals surface area contributed by atoms with Crippen LogP contribution in [-0.2, 0) is 0 Å². The minimum atomic E-state index is -0.910. The van der Waals surface area contributed by atoms with Crippen LogP contribution in [0, 0.1) is 0 Å². The summed E-state index contributed by atoms with van der Waals surface area (Å²) in [6.45, 7) is 13.7. The van der Waals surface area contributed by atoms with Crippen LogP contribution in [-0.4, -0.2) is 27.2 Å². The third-order valence-electron chi connectivity index (χ3n) is 3.13. The zero-order valence-corrected chi connectivity index (χ0v) is 10.6. The van der Waals surface area contributed by atoms with Crippen molar-refractivity contribution in [2.24, 2.45) is 0 Å². The fourth-order valence-corrected chi connectivity index (χ4v) is 16.9. The molecule has 0 aromatic rings. The summed E-state index contributed by atoms with van der Waals surface area (Å²) in [5, 5.41) is 0. The van der Waals surface area contributed by atoms with Crippen molar-refractivity contribution in [3.05, 3.63) is 0 Å². The molecule has 0 radical (unpaired) electrons. The number of hydrogen-bond donors (Lipinski definition) is 0. The van der Waals surface area contributed by atoms with Gasteiger partial charge < -0.3 is 4.23 Å². The van der Waals surface area contributed by atoms with Crippen molar-refractivity contribution in [2.75, 3.05) is 6.54 Å². The Morgan fingerprint density at radius 3 is 1.55 bits per heavy atom. The van der Waals surface area contributed by atoms with Crippen LogP contribution in [0.3, 0.4) is 0 Å². The second-order valence-electron chi connectivity index (χ2n) is 4.87. The normalized spacial score (nSPS) is 29.2. The summed E-state index contributed by atoms with van der Waals surface area (Å²) in [4.78, 5) is 0. The number of hydrogen-bond acceptors (Lipinski definition) is 1. The summed E-state index contributed by atoms with van der Waals surface area (Å²) in [6.07, 6.45) is 0. The molecular formula is C8H21NSi2. The molecule has 11 heavy (non-hydrogen) atoms.